The van der Waals surface area contributed by atoms with Gasteiger partial charge in [0, 0.05) is 6.54 Å². The molecule has 0 aliphatic rings. The molecule has 2 N–H and O–H groups in total. The number of aromatic hydroxyl groups is 1. The second-order valence-corrected chi connectivity index (χ2v) is 6.30. The molecule has 0 aliphatic carbocycles. The van der Waals surface area contributed by atoms with Gasteiger partial charge in [-0.1, -0.05) is 56.3 Å². The quantitative estimate of drug-likeness (QED) is 0.815. The van der Waals surface area contributed by atoms with Gasteiger partial charge in [-0.25, -0.2) is 0 Å². The Balaban J connectivity index is 1.94. The van der Waals surface area contributed by atoms with Crippen LogP contribution in [0.5, 0.6) is 5.75 Å². The molecule has 2 aromatic carbocycles. The zero-order chi connectivity index (χ0) is 16.7. The van der Waals surface area contributed by atoms with E-state index in [1.807, 2.05) is 42.5 Å². The first-order valence-corrected chi connectivity index (χ1v) is 8.17. The molecular formula is C20H25NO2. The summed E-state index contributed by atoms with van der Waals surface area (Å²) < 4.78 is 0. The minimum Gasteiger partial charge on any atom is -0.508 e. The van der Waals surface area contributed by atoms with Crippen LogP contribution in [-0.4, -0.2) is 17.6 Å². The molecule has 0 aromatic heterocycles. The summed E-state index contributed by atoms with van der Waals surface area (Å²) in [5.41, 5.74) is 2.17. The lowest BCUT2D eigenvalue weighted by Crippen LogP contribution is -2.31. The Labute approximate surface area is 138 Å². The minimum absolute atomic E-state index is 0.0867. The fraction of sp³-hybridized carbons (Fsp3) is 0.350. The topological polar surface area (TPSA) is 49.3 Å². The third kappa shape index (κ3) is 5.44. The van der Waals surface area contributed by atoms with Crippen LogP contribution >= 0.6 is 0 Å². The summed E-state index contributed by atoms with van der Waals surface area (Å²) in [4.78, 5) is 12.6. The lowest BCUT2D eigenvalue weighted by Gasteiger charge is -2.19. The summed E-state index contributed by atoms with van der Waals surface area (Å²) in [6.07, 6.45) is 1.60. The molecule has 2 rings (SSSR count). The van der Waals surface area contributed by atoms with Gasteiger partial charge in [0.05, 0.1) is 5.92 Å². The predicted octanol–water partition coefficient (Wildman–Crippen LogP) is 3.88. The van der Waals surface area contributed by atoms with Gasteiger partial charge >= 0.3 is 0 Å². The van der Waals surface area contributed by atoms with Crippen molar-refractivity contribution in [3.05, 3.63) is 65.7 Å². The Hall–Kier alpha value is -2.29. The van der Waals surface area contributed by atoms with Gasteiger partial charge in [0.25, 0.3) is 0 Å². The van der Waals surface area contributed by atoms with Crippen molar-refractivity contribution in [3.63, 3.8) is 0 Å². The maximum absolute atomic E-state index is 12.6. The average Bonchev–Trinajstić information content (AvgIpc) is 2.55. The van der Waals surface area contributed by atoms with E-state index in [1.54, 1.807) is 12.1 Å². The van der Waals surface area contributed by atoms with Crippen LogP contribution in [0, 0.1) is 5.92 Å². The van der Waals surface area contributed by atoms with E-state index in [1.165, 1.54) is 0 Å². The molecule has 1 atom stereocenters. The number of amides is 1. The number of phenols is 1. The largest absolute Gasteiger partial charge is 0.508 e. The van der Waals surface area contributed by atoms with E-state index in [0.717, 1.165) is 24.0 Å². The number of hydrogen-bond donors (Lipinski definition) is 2. The molecule has 3 heteroatoms. The highest BCUT2D eigenvalue weighted by Crippen LogP contribution is 2.24. The molecule has 23 heavy (non-hydrogen) atoms. The molecule has 0 fully saturated rings. The van der Waals surface area contributed by atoms with Crippen molar-refractivity contribution < 1.29 is 9.90 Å². The number of carbonyl (C=O) groups is 1. The molecule has 0 radical (unpaired) electrons. The third-order valence-corrected chi connectivity index (χ3v) is 3.87. The maximum atomic E-state index is 12.6. The summed E-state index contributed by atoms with van der Waals surface area (Å²) in [5, 5.41) is 12.3. The van der Waals surface area contributed by atoms with Crippen LogP contribution in [-0.2, 0) is 11.2 Å². The van der Waals surface area contributed by atoms with Crippen LogP contribution < -0.4 is 5.32 Å². The Bertz CT molecular complexity index is 605. The van der Waals surface area contributed by atoms with E-state index in [4.69, 9.17) is 0 Å². The molecule has 0 heterocycles. The SMILES string of the molecule is CC(C)CC(C(=O)NCCc1ccc(O)cc1)c1ccccc1. The van der Waals surface area contributed by atoms with Gasteiger partial charge in [0.15, 0.2) is 0 Å². The molecule has 0 aliphatic heterocycles. The third-order valence-electron chi connectivity index (χ3n) is 3.87. The summed E-state index contributed by atoms with van der Waals surface area (Å²) >= 11 is 0. The van der Waals surface area contributed by atoms with Crippen LogP contribution in [0.4, 0.5) is 0 Å². The van der Waals surface area contributed by atoms with E-state index >= 15 is 0 Å². The van der Waals surface area contributed by atoms with Crippen molar-refractivity contribution in [3.8, 4) is 5.75 Å². The van der Waals surface area contributed by atoms with Gasteiger partial charge in [0.1, 0.15) is 5.75 Å². The van der Waals surface area contributed by atoms with Gasteiger partial charge in [-0.2, -0.15) is 0 Å². The molecule has 0 bridgehead atoms. The Kier molecular flexibility index (Phi) is 6.21. The second kappa shape index (κ2) is 8.37. The van der Waals surface area contributed by atoms with Crippen molar-refractivity contribution in [1.82, 2.24) is 5.32 Å². The van der Waals surface area contributed by atoms with Gasteiger partial charge < -0.3 is 10.4 Å². The molecule has 3 nitrogen and oxygen atoms in total. The average molecular weight is 311 g/mol. The Morgan fingerprint density at radius 3 is 2.30 bits per heavy atom. The molecule has 2 aromatic rings. The van der Waals surface area contributed by atoms with Crippen molar-refractivity contribution in [2.24, 2.45) is 5.92 Å². The number of phenolic OH excluding ortho intramolecular Hbond substituents is 1. The first-order chi connectivity index (χ1) is 11.1. The zero-order valence-electron chi connectivity index (χ0n) is 13.8. The number of rotatable bonds is 7. The van der Waals surface area contributed by atoms with Crippen LogP contribution in [0.15, 0.2) is 54.6 Å². The monoisotopic (exact) mass is 311 g/mol. The molecule has 122 valence electrons. The molecular weight excluding hydrogens is 286 g/mol. The minimum atomic E-state index is -0.101. The first kappa shape index (κ1) is 17.1. The number of carbonyl (C=O) groups excluding carboxylic acids is 1. The van der Waals surface area contributed by atoms with E-state index in [2.05, 4.69) is 19.2 Å². The molecule has 1 unspecified atom stereocenters. The summed E-state index contributed by atoms with van der Waals surface area (Å²) in [6.45, 7) is 4.88. The Morgan fingerprint density at radius 1 is 1.04 bits per heavy atom. The second-order valence-electron chi connectivity index (χ2n) is 6.30. The highest BCUT2D eigenvalue weighted by molar-refractivity contribution is 5.83. The zero-order valence-corrected chi connectivity index (χ0v) is 13.8. The summed E-state index contributed by atoms with van der Waals surface area (Å²) in [7, 11) is 0. The van der Waals surface area contributed by atoms with Crippen molar-refractivity contribution in [2.45, 2.75) is 32.6 Å². The van der Waals surface area contributed by atoms with E-state index in [0.29, 0.717) is 12.5 Å². The van der Waals surface area contributed by atoms with Gasteiger partial charge in [-0.05, 0) is 42.0 Å². The van der Waals surface area contributed by atoms with Gasteiger partial charge in [-0.15, -0.1) is 0 Å². The van der Waals surface area contributed by atoms with Crippen LogP contribution in [0.3, 0.4) is 0 Å². The standard InChI is InChI=1S/C20H25NO2/c1-15(2)14-19(17-6-4-3-5-7-17)20(23)21-13-12-16-8-10-18(22)11-9-16/h3-11,15,19,22H,12-14H2,1-2H3,(H,21,23). The fourth-order valence-electron chi connectivity index (χ4n) is 2.67. The number of nitrogens with one attached hydrogen (secondary N) is 1. The Morgan fingerprint density at radius 2 is 1.70 bits per heavy atom. The summed E-state index contributed by atoms with van der Waals surface area (Å²) in [5.74, 6) is 0.710. The molecule has 0 spiro atoms. The molecule has 0 saturated heterocycles. The highest BCUT2D eigenvalue weighted by Gasteiger charge is 2.21. The predicted molar refractivity (Wildman–Crippen MR) is 93.5 cm³/mol. The highest BCUT2D eigenvalue weighted by atomic mass is 16.3. The normalized spacial score (nSPS) is 12.1. The first-order valence-electron chi connectivity index (χ1n) is 8.17. The number of benzene rings is 2. The fourth-order valence-corrected chi connectivity index (χ4v) is 2.67. The summed E-state index contributed by atoms with van der Waals surface area (Å²) in [6, 6.07) is 17.1. The maximum Gasteiger partial charge on any atom is 0.227 e. The van der Waals surface area contributed by atoms with Crippen molar-refractivity contribution in [1.29, 1.82) is 0 Å². The van der Waals surface area contributed by atoms with E-state index in [-0.39, 0.29) is 17.6 Å². The lowest BCUT2D eigenvalue weighted by atomic mass is 9.89. The van der Waals surface area contributed by atoms with Crippen LogP contribution in [0.25, 0.3) is 0 Å². The van der Waals surface area contributed by atoms with Crippen molar-refractivity contribution in [2.75, 3.05) is 6.54 Å². The van der Waals surface area contributed by atoms with E-state index in [9.17, 15) is 9.90 Å². The van der Waals surface area contributed by atoms with Crippen molar-refractivity contribution >= 4 is 5.91 Å². The van der Waals surface area contributed by atoms with E-state index < -0.39 is 0 Å². The lowest BCUT2D eigenvalue weighted by molar-refractivity contribution is -0.122. The van der Waals surface area contributed by atoms with Crippen LogP contribution in [0.1, 0.15) is 37.3 Å². The van der Waals surface area contributed by atoms with Gasteiger partial charge in [-0.3, -0.25) is 4.79 Å². The molecule has 1 amide bonds. The molecule has 0 saturated carbocycles. The number of hydrogen-bond acceptors (Lipinski definition) is 2. The van der Waals surface area contributed by atoms with Gasteiger partial charge in [0.2, 0.25) is 5.91 Å². The smallest absolute Gasteiger partial charge is 0.227 e. The van der Waals surface area contributed by atoms with Crippen LogP contribution in [0.2, 0.25) is 0 Å².